The van der Waals surface area contributed by atoms with E-state index >= 15 is 0 Å². The van der Waals surface area contributed by atoms with E-state index in [1.807, 2.05) is 24.3 Å². The predicted octanol–water partition coefficient (Wildman–Crippen LogP) is 10.6. The molecule has 1 aromatic heterocycles. The number of rotatable bonds is 6. The first kappa shape index (κ1) is 28.7. The lowest BCUT2D eigenvalue weighted by Gasteiger charge is -2.24. The molecule has 0 amide bonds. The summed E-state index contributed by atoms with van der Waals surface area (Å²) in [4.78, 5) is 10.3. The summed E-state index contributed by atoms with van der Waals surface area (Å²) in [5.74, 6) is 1.51. The summed E-state index contributed by atoms with van der Waals surface area (Å²) in [5, 5.41) is 6.05. The van der Waals surface area contributed by atoms with E-state index in [0.29, 0.717) is 5.84 Å². The van der Waals surface area contributed by atoms with Gasteiger partial charge in [0.05, 0.1) is 11.0 Å². The van der Waals surface area contributed by atoms with Crippen LogP contribution in [0.5, 0.6) is 0 Å². The van der Waals surface area contributed by atoms with Gasteiger partial charge in [-0.1, -0.05) is 152 Å². The fourth-order valence-corrected chi connectivity index (χ4v) is 6.92. The van der Waals surface area contributed by atoms with Gasteiger partial charge < -0.3 is 9.88 Å². The molecule has 0 bridgehead atoms. The highest BCUT2D eigenvalue weighted by Crippen LogP contribution is 2.36. The van der Waals surface area contributed by atoms with Crippen molar-refractivity contribution in [1.82, 2.24) is 9.88 Å². The molecule has 232 valence electrons. The molecule has 1 N–H and O–H groups in total. The maximum Gasteiger partial charge on any atom is 0.160 e. The highest BCUT2D eigenvalue weighted by atomic mass is 15.2. The highest BCUT2D eigenvalue weighted by molar-refractivity contribution is 6.15. The molecule has 0 saturated heterocycles. The van der Waals surface area contributed by atoms with E-state index in [-0.39, 0.29) is 6.17 Å². The Bertz CT molecular complexity index is 2510. The number of benzene rings is 7. The first-order chi connectivity index (χ1) is 24.3. The smallest absolute Gasteiger partial charge is 0.160 e. The number of aromatic nitrogens is 1. The molecule has 9 rings (SSSR count). The van der Waals surface area contributed by atoms with Crippen LogP contribution in [0.2, 0.25) is 0 Å². The first-order valence-electron chi connectivity index (χ1n) is 16.6. The average molecular weight is 629 g/mol. The number of fused-ring (bicyclic) bond motifs is 3. The van der Waals surface area contributed by atoms with Crippen LogP contribution in [-0.2, 0) is 0 Å². The fourth-order valence-electron chi connectivity index (χ4n) is 6.92. The maximum atomic E-state index is 5.18. The van der Waals surface area contributed by atoms with E-state index in [1.54, 1.807) is 0 Å². The Kier molecular flexibility index (Phi) is 7.17. The third-order valence-corrected chi connectivity index (χ3v) is 9.27. The van der Waals surface area contributed by atoms with Gasteiger partial charge in [-0.3, -0.25) is 0 Å². The van der Waals surface area contributed by atoms with E-state index < -0.39 is 0 Å². The van der Waals surface area contributed by atoms with Gasteiger partial charge in [0.1, 0.15) is 12.0 Å². The van der Waals surface area contributed by atoms with Gasteiger partial charge in [0.15, 0.2) is 5.84 Å². The molecule has 1 aliphatic heterocycles. The van der Waals surface area contributed by atoms with Gasteiger partial charge in [0, 0.05) is 27.6 Å². The van der Waals surface area contributed by atoms with Crippen LogP contribution in [0.3, 0.4) is 0 Å². The summed E-state index contributed by atoms with van der Waals surface area (Å²) in [7, 11) is 0. The zero-order valence-corrected chi connectivity index (χ0v) is 26.7. The number of hydrogen-bond acceptors (Lipinski definition) is 3. The standard InChI is InChI=1S/C45H32N4/c1-4-15-31(16-5-1)34-27-28-42-40(30-34)38-24-12-13-26-41(38)49(42)36-22-14-21-35(29-36)37-23-10-11-25-39(37)45-47-43(32-17-6-2-7-18-32)46-44(48-45)33-19-8-3-9-20-33/h1-30,43H,(H,46,47,48). The van der Waals surface area contributed by atoms with Gasteiger partial charge in [-0.2, -0.15) is 0 Å². The third kappa shape index (κ3) is 5.30. The second-order valence-corrected chi connectivity index (χ2v) is 12.3. The van der Waals surface area contributed by atoms with Crippen molar-refractivity contribution in [2.75, 3.05) is 0 Å². The van der Waals surface area contributed by atoms with Crippen LogP contribution in [0.4, 0.5) is 0 Å². The largest absolute Gasteiger partial charge is 0.344 e. The van der Waals surface area contributed by atoms with Crippen molar-refractivity contribution < 1.29 is 0 Å². The van der Waals surface area contributed by atoms with Crippen LogP contribution < -0.4 is 5.32 Å². The first-order valence-corrected chi connectivity index (χ1v) is 16.6. The Labute approximate surface area is 285 Å². The van der Waals surface area contributed by atoms with Crippen molar-refractivity contribution in [3.05, 3.63) is 199 Å². The molecule has 0 fully saturated rings. The third-order valence-electron chi connectivity index (χ3n) is 9.27. The Morgan fingerprint density at radius 1 is 0.449 bits per heavy atom. The van der Waals surface area contributed by atoms with Crippen molar-refractivity contribution in [3.8, 4) is 27.9 Å². The number of para-hydroxylation sites is 1. The molecule has 8 aromatic rings. The number of aliphatic imine (C=N–C) groups is 2. The summed E-state index contributed by atoms with van der Waals surface area (Å²) in [5.41, 5.74) is 11.2. The zero-order valence-electron chi connectivity index (χ0n) is 26.7. The molecule has 1 atom stereocenters. The van der Waals surface area contributed by atoms with Gasteiger partial charge in [0.25, 0.3) is 0 Å². The van der Waals surface area contributed by atoms with Gasteiger partial charge >= 0.3 is 0 Å². The zero-order chi connectivity index (χ0) is 32.6. The lowest BCUT2D eigenvalue weighted by Crippen LogP contribution is -2.33. The Balaban J connectivity index is 1.18. The van der Waals surface area contributed by atoms with Crippen LogP contribution in [0.1, 0.15) is 22.9 Å². The number of nitrogens with one attached hydrogen (secondary N) is 1. The van der Waals surface area contributed by atoms with Crippen LogP contribution >= 0.6 is 0 Å². The second-order valence-electron chi connectivity index (χ2n) is 12.3. The van der Waals surface area contributed by atoms with Crippen molar-refractivity contribution in [1.29, 1.82) is 0 Å². The van der Waals surface area contributed by atoms with Crippen molar-refractivity contribution >= 4 is 33.5 Å². The summed E-state index contributed by atoms with van der Waals surface area (Å²) in [6, 6.07) is 64.0. The van der Waals surface area contributed by atoms with Crippen molar-refractivity contribution in [2.24, 2.45) is 9.98 Å². The Hall–Kier alpha value is -6.52. The topological polar surface area (TPSA) is 41.7 Å². The summed E-state index contributed by atoms with van der Waals surface area (Å²) in [6.45, 7) is 0. The molecular weight excluding hydrogens is 597 g/mol. The maximum absolute atomic E-state index is 5.18. The quantitative estimate of drug-likeness (QED) is 0.196. The van der Waals surface area contributed by atoms with Gasteiger partial charge in [-0.05, 0) is 58.1 Å². The lowest BCUT2D eigenvalue weighted by atomic mass is 9.98. The van der Waals surface area contributed by atoms with Gasteiger partial charge in [-0.25, -0.2) is 9.98 Å². The average Bonchev–Trinajstić information content (AvgIpc) is 3.52. The molecule has 1 aliphatic rings. The Morgan fingerprint density at radius 2 is 1.08 bits per heavy atom. The minimum absolute atomic E-state index is 0.262. The van der Waals surface area contributed by atoms with Crippen molar-refractivity contribution in [2.45, 2.75) is 6.17 Å². The highest BCUT2D eigenvalue weighted by Gasteiger charge is 2.23. The van der Waals surface area contributed by atoms with Crippen LogP contribution in [0.15, 0.2) is 192 Å². The summed E-state index contributed by atoms with van der Waals surface area (Å²) < 4.78 is 2.38. The van der Waals surface area contributed by atoms with Gasteiger partial charge in [-0.15, -0.1) is 0 Å². The van der Waals surface area contributed by atoms with E-state index in [1.165, 1.54) is 32.9 Å². The van der Waals surface area contributed by atoms with E-state index in [0.717, 1.165) is 39.3 Å². The molecule has 0 spiro atoms. The molecule has 7 aromatic carbocycles. The van der Waals surface area contributed by atoms with E-state index in [9.17, 15) is 0 Å². The SMILES string of the molecule is c1ccc(C2=NC(c3ccccc3-c3cccc(-n4c5ccccc5c5cc(-c6ccccc6)ccc54)c3)=NC(c3ccccc3)N2)cc1. The minimum atomic E-state index is -0.262. The second kappa shape index (κ2) is 12.3. The number of nitrogens with zero attached hydrogens (tertiary/aromatic N) is 3. The molecule has 0 radical (unpaired) electrons. The molecule has 0 saturated carbocycles. The lowest BCUT2D eigenvalue weighted by molar-refractivity contribution is 0.674. The monoisotopic (exact) mass is 628 g/mol. The van der Waals surface area contributed by atoms with Crippen LogP contribution in [-0.4, -0.2) is 16.2 Å². The van der Waals surface area contributed by atoms with Crippen molar-refractivity contribution in [3.63, 3.8) is 0 Å². The molecular formula is C45H32N4. The number of amidine groups is 2. The van der Waals surface area contributed by atoms with E-state index in [4.69, 9.17) is 9.98 Å². The van der Waals surface area contributed by atoms with Crippen LogP contribution in [0, 0.1) is 0 Å². The Morgan fingerprint density at radius 3 is 1.88 bits per heavy atom. The normalized spacial score (nSPS) is 14.3. The minimum Gasteiger partial charge on any atom is -0.344 e. The molecule has 0 aliphatic carbocycles. The molecule has 4 nitrogen and oxygen atoms in total. The van der Waals surface area contributed by atoms with E-state index in [2.05, 4.69) is 168 Å². The number of hydrogen-bond donors (Lipinski definition) is 1. The molecule has 1 unspecified atom stereocenters. The van der Waals surface area contributed by atoms with Gasteiger partial charge in [0.2, 0.25) is 0 Å². The van der Waals surface area contributed by atoms with Crippen LogP contribution in [0.25, 0.3) is 49.7 Å². The summed E-state index contributed by atoms with van der Waals surface area (Å²) >= 11 is 0. The summed E-state index contributed by atoms with van der Waals surface area (Å²) in [6.07, 6.45) is -0.262. The molecule has 4 heteroatoms. The predicted molar refractivity (Wildman–Crippen MR) is 203 cm³/mol. The molecule has 2 heterocycles. The fraction of sp³-hybridized carbons (Fsp3) is 0.0222. The molecule has 49 heavy (non-hydrogen) atoms.